The number of aromatic nitrogens is 1. The normalized spacial score (nSPS) is 11.7. The zero-order chi connectivity index (χ0) is 21.5. The molecule has 0 aliphatic heterocycles. The van der Waals surface area contributed by atoms with Gasteiger partial charge in [-0.2, -0.15) is 5.10 Å². The fraction of sp³-hybridized carbons (Fsp3) is 0.182. The van der Waals surface area contributed by atoms with E-state index in [1.165, 1.54) is 11.3 Å². The molecule has 1 aromatic heterocycles. The quantitative estimate of drug-likeness (QED) is 0.332. The third kappa shape index (κ3) is 4.66. The van der Waals surface area contributed by atoms with Gasteiger partial charge in [0.2, 0.25) is 10.6 Å². The Morgan fingerprint density at radius 3 is 2.57 bits per heavy atom. The molecule has 0 amide bonds. The maximum atomic E-state index is 5.56. The highest BCUT2D eigenvalue weighted by Gasteiger charge is 2.15. The summed E-state index contributed by atoms with van der Waals surface area (Å²) >= 11 is 5.05. The molecule has 0 saturated carbocycles. The highest BCUT2D eigenvalue weighted by Crippen LogP contribution is 2.39. The highest BCUT2D eigenvalue weighted by molar-refractivity contribution is 9.10. The van der Waals surface area contributed by atoms with E-state index in [0.717, 1.165) is 26.1 Å². The van der Waals surface area contributed by atoms with Crippen molar-refractivity contribution < 1.29 is 14.2 Å². The second-order valence-electron chi connectivity index (χ2n) is 6.02. The van der Waals surface area contributed by atoms with Crippen LogP contribution in [0.3, 0.4) is 0 Å². The van der Waals surface area contributed by atoms with Crippen molar-refractivity contribution in [2.75, 3.05) is 27.9 Å². The number of benzene rings is 2. The van der Waals surface area contributed by atoms with Gasteiger partial charge in [0.05, 0.1) is 39.8 Å². The van der Waals surface area contributed by atoms with Gasteiger partial charge in [0.15, 0.2) is 11.5 Å². The molecule has 6 nitrogen and oxygen atoms in total. The molecule has 8 heteroatoms. The Bertz CT molecular complexity index is 1130. The zero-order valence-electron chi connectivity index (χ0n) is 17.0. The number of methoxy groups -OCH3 is 3. The third-order valence-corrected chi connectivity index (χ3v) is 5.56. The first-order valence-corrected chi connectivity index (χ1v) is 10.7. The predicted octanol–water partition coefficient (Wildman–Crippen LogP) is 4.97. The van der Waals surface area contributed by atoms with Gasteiger partial charge in [-0.05, 0) is 24.3 Å². The van der Waals surface area contributed by atoms with Crippen molar-refractivity contribution in [1.29, 1.82) is 0 Å². The molecule has 0 fully saturated rings. The molecular formula is C22H22BrN3O3S. The van der Waals surface area contributed by atoms with Crippen molar-refractivity contribution in [3.8, 4) is 28.5 Å². The monoisotopic (exact) mass is 487 g/mol. The standard InChI is InChI=1S/C22H22BrN3O3S/c1-5-11-24-22-26(18(14-30-22)15-7-6-8-17(23)12-15)25-13-16-9-10-19(27-2)21(29-4)20(16)28-3/h5-10,12-14H,1,11H2,2-4H3. The molecule has 0 atom stereocenters. The van der Waals surface area contributed by atoms with Crippen LogP contribution in [0, 0.1) is 0 Å². The maximum Gasteiger partial charge on any atom is 0.206 e. The molecule has 0 aliphatic carbocycles. The van der Waals surface area contributed by atoms with Crippen LogP contribution >= 0.6 is 27.3 Å². The van der Waals surface area contributed by atoms with Crippen molar-refractivity contribution in [1.82, 2.24) is 4.68 Å². The fourth-order valence-corrected chi connectivity index (χ4v) is 4.10. The van der Waals surface area contributed by atoms with Crippen LogP contribution in [0.5, 0.6) is 17.2 Å². The first-order chi connectivity index (χ1) is 14.6. The van der Waals surface area contributed by atoms with E-state index in [2.05, 4.69) is 27.5 Å². The van der Waals surface area contributed by atoms with Gasteiger partial charge >= 0.3 is 0 Å². The molecule has 156 valence electrons. The lowest BCUT2D eigenvalue weighted by Crippen LogP contribution is -2.12. The summed E-state index contributed by atoms with van der Waals surface area (Å²) in [4.78, 5) is 5.34. The van der Waals surface area contributed by atoms with E-state index in [4.69, 9.17) is 19.3 Å². The molecule has 1 heterocycles. The smallest absolute Gasteiger partial charge is 0.206 e. The van der Waals surface area contributed by atoms with E-state index in [0.29, 0.717) is 23.8 Å². The first kappa shape index (κ1) is 21.9. The second kappa shape index (κ2) is 10.3. The van der Waals surface area contributed by atoms with E-state index in [1.54, 1.807) is 33.6 Å². The van der Waals surface area contributed by atoms with E-state index in [-0.39, 0.29) is 0 Å². The molecule has 0 spiro atoms. The van der Waals surface area contributed by atoms with E-state index >= 15 is 0 Å². The van der Waals surface area contributed by atoms with E-state index in [9.17, 15) is 0 Å². The Morgan fingerprint density at radius 2 is 1.90 bits per heavy atom. The van der Waals surface area contributed by atoms with Gasteiger partial charge in [-0.3, -0.25) is 4.99 Å². The zero-order valence-corrected chi connectivity index (χ0v) is 19.4. The SMILES string of the molecule is C=CCN=c1scc(-c2cccc(Br)c2)n1N=Cc1ccc(OC)c(OC)c1OC. The van der Waals surface area contributed by atoms with Gasteiger partial charge < -0.3 is 14.2 Å². The second-order valence-corrected chi connectivity index (χ2v) is 7.78. The van der Waals surface area contributed by atoms with Gasteiger partial charge in [-0.25, -0.2) is 4.68 Å². The van der Waals surface area contributed by atoms with Crippen LogP contribution in [0.15, 0.2) is 69.0 Å². The van der Waals surface area contributed by atoms with Crippen molar-refractivity contribution in [2.45, 2.75) is 0 Å². The Labute approximate surface area is 187 Å². The Kier molecular flexibility index (Phi) is 7.48. The number of rotatable bonds is 8. The summed E-state index contributed by atoms with van der Waals surface area (Å²) < 4.78 is 19.2. The van der Waals surface area contributed by atoms with Crippen LogP contribution in [0.2, 0.25) is 0 Å². The topological polar surface area (TPSA) is 57.3 Å². The van der Waals surface area contributed by atoms with Crippen molar-refractivity contribution in [3.63, 3.8) is 0 Å². The summed E-state index contributed by atoms with van der Waals surface area (Å²) in [6.45, 7) is 4.26. The molecule has 3 rings (SSSR count). The lowest BCUT2D eigenvalue weighted by Gasteiger charge is -2.13. The van der Waals surface area contributed by atoms with Gasteiger partial charge in [-0.15, -0.1) is 17.9 Å². The van der Waals surface area contributed by atoms with Gasteiger partial charge in [0.25, 0.3) is 0 Å². The van der Waals surface area contributed by atoms with Crippen LogP contribution in [-0.4, -0.2) is 38.8 Å². The molecule has 0 N–H and O–H groups in total. The minimum Gasteiger partial charge on any atom is -0.493 e. The minimum absolute atomic E-state index is 0.508. The summed E-state index contributed by atoms with van der Waals surface area (Å²) in [6.07, 6.45) is 3.48. The Morgan fingerprint density at radius 1 is 1.10 bits per heavy atom. The number of hydrogen-bond acceptors (Lipinski definition) is 6. The molecule has 0 unspecified atom stereocenters. The Hall–Kier alpha value is -2.84. The lowest BCUT2D eigenvalue weighted by molar-refractivity contribution is 0.324. The van der Waals surface area contributed by atoms with Crippen LogP contribution < -0.4 is 19.0 Å². The summed E-state index contributed by atoms with van der Waals surface area (Å²) in [5, 5.41) is 6.75. The number of nitrogens with zero attached hydrogens (tertiary/aromatic N) is 3. The Balaban J connectivity index is 2.13. The van der Waals surface area contributed by atoms with Crippen LogP contribution in [0.4, 0.5) is 0 Å². The third-order valence-electron chi connectivity index (χ3n) is 4.21. The number of thiazole rings is 1. The lowest BCUT2D eigenvalue weighted by atomic mass is 10.2. The minimum atomic E-state index is 0.508. The van der Waals surface area contributed by atoms with E-state index < -0.39 is 0 Å². The molecule has 2 aromatic carbocycles. The number of halogens is 1. The van der Waals surface area contributed by atoms with Gasteiger partial charge in [0, 0.05) is 21.0 Å². The average molecular weight is 488 g/mol. The highest BCUT2D eigenvalue weighted by atomic mass is 79.9. The fourth-order valence-electron chi connectivity index (χ4n) is 2.85. The molecule has 0 aliphatic rings. The van der Waals surface area contributed by atoms with Gasteiger partial charge in [0.1, 0.15) is 0 Å². The molecule has 0 saturated heterocycles. The van der Waals surface area contributed by atoms with Crippen LogP contribution in [0.25, 0.3) is 11.3 Å². The molecule has 3 aromatic rings. The largest absolute Gasteiger partial charge is 0.493 e. The predicted molar refractivity (Wildman–Crippen MR) is 125 cm³/mol. The molecular weight excluding hydrogens is 466 g/mol. The molecule has 0 bridgehead atoms. The van der Waals surface area contributed by atoms with Crippen molar-refractivity contribution in [3.05, 3.63) is 69.3 Å². The summed E-state index contributed by atoms with van der Waals surface area (Å²) in [5.74, 6) is 1.65. The average Bonchev–Trinajstić information content (AvgIpc) is 3.17. The van der Waals surface area contributed by atoms with Crippen LogP contribution in [-0.2, 0) is 0 Å². The van der Waals surface area contributed by atoms with Gasteiger partial charge in [-0.1, -0.05) is 34.1 Å². The van der Waals surface area contributed by atoms with E-state index in [1.807, 2.05) is 46.5 Å². The summed E-state index contributed by atoms with van der Waals surface area (Å²) in [7, 11) is 4.75. The maximum absolute atomic E-state index is 5.56. The van der Waals surface area contributed by atoms with Crippen molar-refractivity contribution >= 4 is 33.5 Å². The van der Waals surface area contributed by atoms with Crippen molar-refractivity contribution in [2.24, 2.45) is 10.1 Å². The first-order valence-electron chi connectivity index (χ1n) is 9.04. The van der Waals surface area contributed by atoms with Crippen LogP contribution in [0.1, 0.15) is 5.56 Å². The number of hydrogen-bond donors (Lipinski definition) is 0. The summed E-state index contributed by atoms with van der Waals surface area (Å²) in [5.41, 5.74) is 2.71. The summed E-state index contributed by atoms with van der Waals surface area (Å²) in [6, 6.07) is 11.7. The molecule has 0 radical (unpaired) electrons. The molecule has 30 heavy (non-hydrogen) atoms. The number of ether oxygens (including phenoxy) is 3.